The number of nitrogens with zero attached hydrogens (tertiary/aromatic N) is 2. The lowest BCUT2D eigenvalue weighted by molar-refractivity contribution is -0.137. The highest BCUT2D eigenvalue weighted by Crippen LogP contribution is 2.30. The highest BCUT2D eigenvalue weighted by Gasteiger charge is 2.30. The minimum Gasteiger partial charge on any atom is -0.496 e. The summed E-state index contributed by atoms with van der Waals surface area (Å²) in [5, 5.41) is 2.70. The van der Waals surface area contributed by atoms with Crippen LogP contribution in [0.4, 0.5) is 17.6 Å². The molecule has 4 rings (SSSR count). The Morgan fingerprint density at radius 3 is 2.47 bits per heavy atom. The van der Waals surface area contributed by atoms with Crippen LogP contribution in [0.1, 0.15) is 38.6 Å². The number of hydrogen-bond acceptors (Lipinski definition) is 5. The third-order valence-electron chi connectivity index (χ3n) is 5.76. The maximum Gasteiger partial charge on any atom is 0.416 e. The molecule has 4 aromatic rings. The number of para-hydroxylation sites is 1. The number of alkyl halides is 3. The summed E-state index contributed by atoms with van der Waals surface area (Å²) in [5.74, 6) is 0.0103. The molecule has 10 heteroatoms. The number of aromatic nitrogens is 1. The molecule has 38 heavy (non-hydrogen) atoms. The summed E-state index contributed by atoms with van der Waals surface area (Å²) in [7, 11) is 1.54. The predicted octanol–water partition coefficient (Wildman–Crippen LogP) is 5.97. The minimum atomic E-state index is -4.46. The molecule has 1 N–H and O–H groups in total. The second kappa shape index (κ2) is 11.9. The topological polar surface area (TPSA) is 67.6 Å². The molecule has 0 saturated heterocycles. The molecule has 1 amide bonds. The first-order chi connectivity index (χ1) is 18.2. The van der Waals surface area contributed by atoms with E-state index < -0.39 is 17.6 Å². The van der Waals surface area contributed by atoms with Gasteiger partial charge in [0, 0.05) is 25.2 Å². The molecule has 1 heterocycles. The number of benzene rings is 3. The number of carbonyl (C=O) groups excluding carboxylic acids is 1. The quantitative estimate of drug-likeness (QED) is 0.257. The van der Waals surface area contributed by atoms with Crippen molar-refractivity contribution in [2.45, 2.75) is 32.4 Å². The van der Waals surface area contributed by atoms with Gasteiger partial charge in [-0.15, -0.1) is 0 Å². The lowest BCUT2D eigenvalue weighted by Crippen LogP contribution is -2.24. The summed E-state index contributed by atoms with van der Waals surface area (Å²) in [6, 6.07) is 18.2. The van der Waals surface area contributed by atoms with Crippen LogP contribution in [-0.4, -0.2) is 22.9 Å². The summed E-state index contributed by atoms with van der Waals surface area (Å²) in [6.07, 6.45) is -3.23. The molecule has 0 aliphatic rings. The van der Waals surface area contributed by atoms with Gasteiger partial charge in [0.1, 0.15) is 17.8 Å². The summed E-state index contributed by atoms with van der Waals surface area (Å²) in [4.78, 5) is 18.7. The summed E-state index contributed by atoms with van der Waals surface area (Å²) in [6.45, 7) is 0.793. The molecular formula is C28H25F4N3O3. The summed E-state index contributed by atoms with van der Waals surface area (Å²) < 4.78 is 63.8. The average Bonchev–Trinajstić information content (AvgIpc) is 3.37. The zero-order valence-corrected chi connectivity index (χ0v) is 20.5. The Labute approximate surface area is 216 Å². The van der Waals surface area contributed by atoms with Crippen molar-refractivity contribution in [2.24, 2.45) is 0 Å². The smallest absolute Gasteiger partial charge is 0.416 e. The lowest BCUT2D eigenvalue weighted by Gasteiger charge is -2.22. The van der Waals surface area contributed by atoms with Gasteiger partial charge in [0.25, 0.3) is 5.91 Å². The molecule has 0 aliphatic heterocycles. The van der Waals surface area contributed by atoms with Crippen molar-refractivity contribution in [1.29, 1.82) is 0 Å². The van der Waals surface area contributed by atoms with E-state index >= 15 is 0 Å². The van der Waals surface area contributed by atoms with E-state index in [2.05, 4.69) is 10.3 Å². The number of ether oxygens (including phenoxy) is 1. The maximum atomic E-state index is 13.3. The van der Waals surface area contributed by atoms with Crippen molar-refractivity contribution in [3.63, 3.8) is 0 Å². The normalized spacial score (nSPS) is 11.5. The van der Waals surface area contributed by atoms with Crippen LogP contribution in [0, 0.1) is 5.82 Å². The Morgan fingerprint density at radius 1 is 0.974 bits per heavy atom. The van der Waals surface area contributed by atoms with Crippen LogP contribution in [0.2, 0.25) is 0 Å². The van der Waals surface area contributed by atoms with Gasteiger partial charge in [-0.05, 0) is 35.4 Å². The second-order valence-electron chi connectivity index (χ2n) is 8.59. The maximum absolute atomic E-state index is 13.3. The lowest BCUT2D eigenvalue weighted by atomic mass is 10.1. The fourth-order valence-corrected chi connectivity index (χ4v) is 3.90. The van der Waals surface area contributed by atoms with Gasteiger partial charge in [0.05, 0.1) is 19.2 Å². The fourth-order valence-electron chi connectivity index (χ4n) is 3.90. The van der Waals surface area contributed by atoms with Gasteiger partial charge in [0.15, 0.2) is 5.69 Å². The predicted molar refractivity (Wildman–Crippen MR) is 131 cm³/mol. The monoisotopic (exact) mass is 527 g/mol. The van der Waals surface area contributed by atoms with E-state index in [0.29, 0.717) is 23.4 Å². The molecule has 0 aliphatic carbocycles. The van der Waals surface area contributed by atoms with Gasteiger partial charge < -0.3 is 14.5 Å². The largest absolute Gasteiger partial charge is 0.496 e. The second-order valence-corrected chi connectivity index (χ2v) is 8.59. The Bertz CT molecular complexity index is 1370. The number of halogens is 4. The van der Waals surface area contributed by atoms with Gasteiger partial charge >= 0.3 is 6.18 Å². The minimum absolute atomic E-state index is 0.0541. The third-order valence-corrected chi connectivity index (χ3v) is 5.76. The molecule has 0 atom stereocenters. The molecule has 0 unspecified atom stereocenters. The van der Waals surface area contributed by atoms with Crippen molar-refractivity contribution < 1.29 is 31.5 Å². The van der Waals surface area contributed by atoms with Gasteiger partial charge in [-0.1, -0.05) is 48.5 Å². The average molecular weight is 528 g/mol. The van der Waals surface area contributed by atoms with E-state index in [9.17, 15) is 22.4 Å². The first kappa shape index (κ1) is 26.9. The number of methoxy groups -OCH3 is 1. The molecule has 0 radical (unpaired) electrons. The number of nitrogens with one attached hydrogen (secondary N) is 1. The zero-order valence-electron chi connectivity index (χ0n) is 20.5. The zero-order chi connectivity index (χ0) is 27.1. The SMILES string of the molecule is COc1ccccc1CN(Cc1cccc(C(F)(F)F)c1)Cc1nc(C(=O)NCc2ccc(F)cc2)co1. The van der Waals surface area contributed by atoms with Crippen LogP contribution in [-0.2, 0) is 32.4 Å². The molecule has 198 valence electrons. The standard InChI is InChI=1S/C28H25F4N3O3/c1-37-25-8-3-2-6-21(25)16-35(15-20-5-4-7-22(13-20)28(30,31)32)17-26-34-24(18-38-26)27(36)33-14-19-9-11-23(29)12-10-19/h2-13,18H,14-17H2,1H3,(H,33,36). The van der Waals surface area contributed by atoms with Crippen LogP contribution in [0.5, 0.6) is 5.75 Å². The van der Waals surface area contributed by atoms with Crippen LogP contribution in [0.3, 0.4) is 0 Å². The highest BCUT2D eigenvalue weighted by atomic mass is 19.4. The van der Waals surface area contributed by atoms with Crippen molar-refractivity contribution in [2.75, 3.05) is 7.11 Å². The Balaban J connectivity index is 1.49. The number of oxazole rings is 1. The number of rotatable bonds is 10. The summed E-state index contributed by atoms with van der Waals surface area (Å²) in [5.41, 5.74) is 1.32. The van der Waals surface area contributed by atoms with Gasteiger partial charge in [0.2, 0.25) is 5.89 Å². The molecule has 0 spiro atoms. The summed E-state index contributed by atoms with van der Waals surface area (Å²) >= 11 is 0. The third kappa shape index (κ3) is 7.19. The molecule has 1 aromatic heterocycles. The van der Waals surface area contributed by atoms with Crippen molar-refractivity contribution >= 4 is 5.91 Å². The van der Waals surface area contributed by atoms with E-state index in [0.717, 1.165) is 17.7 Å². The Morgan fingerprint density at radius 2 is 1.74 bits per heavy atom. The van der Waals surface area contributed by atoms with Crippen molar-refractivity contribution in [3.05, 3.63) is 119 Å². The molecule has 0 bridgehead atoms. The van der Waals surface area contributed by atoms with E-state index in [1.807, 2.05) is 23.1 Å². The van der Waals surface area contributed by atoms with E-state index in [-0.39, 0.29) is 37.0 Å². The highest BCUT2D eigenvalue weighted by molar-refractivity contribution is 5.91. The van der Waals surface area contributed by atoms with E-state index in [1.54, 1.807) is 31.4 Å². The first-order valence-electron chi connectivity index (χ1n) is 11.7. The first-order valence-corrected chi connectivity index (χ1v) is 11.7. The Hall–Kier alpha value is -4.18. The molecule has 0 fully saturated rings. The number of hydrogen-bond donors (Lipinski definition) is 1. The van der Waals surface area contributed by atoms with Crippen LogP contribution in [0.15, 0.2) is 83.5 Å². The number of carbonyl (C=O) groups is 1. The van der Waals surface area contributed by atoms with Crippen LogP contribution in [0.25, 0.3) is 0 Å². The Kier molecular flexibility index (Phi) is 8.42. The fraction of sp³-hybridized carbons (Fsp3) is 0.214. The van der Waals surface area contributed by atoms with Gasteiger partial charge in [-0.25, -0.2) is 9.37 Å². The molecule has 6 nitrogen and oxygen atoms in total. The van der Waals surface area contributed by atoms with E-state index in [1.165, 1.54) is 24.5 Å². The van der Waals surface area contributed by atoms with Gasteiger partial charge in [-0.2, -0.15) is 13.2 Å². The van der Waals surface area contributed by atoms with Crippen LogP contribution >= 0.6 is 0 Å². The van der Waals surface area contributed by atoms with Crippen LogP contribution < -0.4 is 10.1 Å². The molecule has 0 saturated carbocycles. The van der Waals surface area contributed by atoms with Crippen molar-refractivity contribution in [3.8, 4) is 5.75 Å². The van der Waals surface area contributed by atoms with E-state index in [4.69, 9.17) is 9.15 Å². The van der Waals surface area contributed by atoms with Gasteiger partial charge in [-0.3, -0.25) is 9.69 Å². The molecular weight excluding hydrogens is 502 g/mol. The van der Waals surface area contributed by atoms with Crippen molar-refractivity contribution in [1.82, 2.24) is 15.2 Å². The molecule has 3 aromatic carbocycles. The number of amides is 1.